The first kappa shape index (κ1) is 13.8. The molecule has 5 heteroatoms. The van der Waals surface area contributed by atoms with Crippen molar-refractivity contribution in [3.05, 3.63) is 46.3 Å². The molecular weight excluding hydrogens is 268 g/mol. The maximum absolute atomic E-state index is 12.6. The smallest absolute Gasteiger partial charge is 0.349 e. The van der Waals surface area contributed by atoms with Gasteiger partial charge in [0, 0.05) is 24.5 Å². The molecule has 1 aromatic heterocycles. The highest BCUT2D eigenvalue weighted by molar-refractivity contribution is 5.96. The molecule has 1 N–H and O–H groups in total. The van der Waals surface area contributed by atoms with Crippen molar-refractivity contribution in [3.8, 4) is 0 Å². The Morgan fingerprint density at radius 1 is 1.38 bits per heavy atom. The molecule has 0 radical (unpaired) electrons. The van der Waals surface area contributed by atoms with Crippen molar-refractivity contribution in [3.63, 3.8) is 0 Å². The first-order valence-corrected chi connectivity index (χ1v) is 7.18. The van der Waals surface area contributed by atoms with Gasteiger partial charge in [-0.15, -0.1) is 0 Å². The van der Waals surface area contributed by atoms with Crippen LogP contribution < -0.4 is 10.9 Å². The Balaban J connectivity index is 1.94. The van der Waals surface area contributed by atoms with Crippen LogP contribution in [0.4, 0.5) is 0 Å². The minimum atomic E-state index is -0.565. The SMILES string of the molecule is CNC1CCCN(C(=O)c2cc3ccccc3oc2=O)C1. The molecule has 110 valence electrons. The molecule has 1 unspecified atom stereocenters. The second-order valence-corrected chi connectivity index (χ2v) is 5.36. The molecule has 0 bridgehead atoms. The van der Waals surface area contributed by atoms with Crippen LogP contribution in [0, 0.1) is 0 Å². The van der Waals surface area contributed by atoms with Gasteiger partial charge in [-0.3, -0.25) is 4.79 Å². The number of benzene rings is 1. The van der Waals surface area contributed by atoms with Gasteiger partial charge in [-0.25, -0.2) is 4.79 Å². The molecule has 0 aliphatic carbocycles. The lowest BCUT2D eigenvalue weighted by Crippen LogP contribution is -2.47. The molecule has 1 fully saturated rings. The Hall–Kier alpha value is -2.14. The fourth-order valence-electron chi connectivity index (χ4n) is 2.78. The van der Waals surface area contributed by atoms with E-state index >= 15 is 0 Å². The van der Waals surface area contributed by atoms with E-state index in [1.54, 1.807) is 23.1 Å². The van der Waals surface area contributed by atoms with E-state index in [1.165, 1.54) is 0 Å². The van der Waals surface area contributed by atoms with Crippen molar-refractivity contribution in [2.24, 2.45) is 0 Å². The highest BCUT2D eigenvalue weighted by Crippen LogP contribution is 2.16. The Morgan fingerprint density at radius 2 is 2.19 bits per heavy atom. The summed E-state index contributed by atoms with van der Waals surface area (Å²) in [4.78, 5) is 26.3. The second kappa shape index (κ2) is 5.69. The predicted octanol–water partition coefficient (Wildman–Crippen LogP) is 1.62. The zero-order valence-electron chi connectivity index (χ0n) is 12.0. The van der Waals surface area contributed by atoms with Gasteiger partial charge < -0.3 is 14.6 Å². The highest BCUT2D eigenvalue weighted by Gasteiger charge is 2.25. The zero-order valence-corrected chi connectivity index (χ0v) is 12.0. The summed E-state index contributed by atoms with van der Waals surface area (Å²) in [5, 5.41) is 3.96. The molecule has 5 nitrogen and oxygen atoms in total. The molecule has 2 heterocycles. The average Bonchev–Trinajstić information content (AvgIpc) is 2.53. The maximum Gasteiger partial charge on any atom is 0.349 e. The zero-order chi connectivity index (χ0) is 14.8. The Kier molecular flexibility index (Phi) is 3.75. The molecule has 1 atom stereocenters. The van der Waals surface area contributed by atoms with Crippen molar-refractivity contribution < 1.29 is 9.21 Å². The van der Waals surface area contributed by atoms with E-state index in [0.29, 0.717) is 18.7 Å². The number of nitrogens with zero attached hydrogens (tertiary/aromatic N) is 1. The first-order valence-electron chi connectivity index (χ1n) is 7.18. The van der Waals surface area contributed by atoms with Crippen molar-refractivity contribution in [2.45, 2.75) is 18.9 Å². The van der Waals surface area contributed by atoms with Gasteiger partial charge in [0.2, 0.25) is 0 Å². The summed E-state index contributed by atoms with van der Waals surface area (Å²) < 4.78 is 5.24. The molecule has 1 amide bonds. The lowest BCUT2D eigenvalue weighted by Gasteiger charge is -2.32. The Morgan fingerprint density at radius 3 is 3.00 bits per heavy atom. The van der Waals surface area contributed by atoms with Crippen LogP contribution in [0.1, 0.15) is 23.2 Å². The van der Waals surface area contributed by atoms with Crippen molar-refractivity contribution in [2.75, 3.05) is 20.1 Å². The van der Waals surface area contributed by atoms with Crippen LogP contribution in [0.5, 0.6) is 0 Å². The normalized spacial score (nSPS) is 18.9. The quantitative estimate of drug-likeness (QED) is 0.852. The van der Waals surface area contributed by atoms with Crippen molar-refractivity contribution in [1.82, 2.24) is 10.2 Å². The summed E-state index contributed by atoms with van der Waals surface area (Å²) >= 11 is 0. The summed E-state index contributed by atoms with van der Waals surface area (Å²) in [6.45, 7) is 1.31. The van der Waals surface area contributed by atoms with Crippen LogP contribution in [0.3, 0.4) is 0 Å². The Labute approximate surface area is 122 Å². The van der Waals surface area contributed by atoms with E-state index in [4.69, 9.17) is 4.42 Å². The number of para-hydroxylation sites is 1. The average molecular weight is 286 g/mol. The summed E-state index contributed by atoms with van der Waals surface area (Å²) in [7, 11) is 1.89. The molecule has 1 aromatic carbocycles. The number of carbonyl (C=O) groups excluding carboxylic acids is 1. The molecule has 21 heavy (non-hydrogen) atoms. The minimum Gasteiger partial charge on any atom is -0.422 e. The third-order valence-corrected chi connectivity index (χ3v) is 3.99. The summed E-state index contributed by atoms with van der Waals surface area (Å²) in [5.41, 5.74) is 0.0570. The number of hydrogen-bond acceptors (Lipinski definition) is 4. The summed E-state index contributed by atoms with van der Waals surface area (Å²) in [6, 6.07) is 9.13. The molecule has 0 spiro atoms. The number of likely N-dealkylation sites (tertiary alicyclic amines) is 1. The number of rotatable bonds is 2. The van der Waals surface area contributed by atoms with Crippen LogP contribution >= 0.6 is 0 Å². The molecule has 1 aliphatic rings. The number of fused-ring (bicyclic) bond motifs is 1. The molecular formula is C16H18N2O3. The predicted molar refractivity (Wildman–Crippen MR) is 80.5 cm³/mol. The monoisotopic (exact) mass is 286 g/mol. The topological polar surface area (TPSA) is 62.6 Å². The number of likely N-dealkylation sites (N-methyl/N-ethyl adjacent to an activating group) is 1. The molecule has 2 aromatic rings. The number of piperidine rings is 1. The van der Waals surface area contributed by atoms with Crippen LogP contribution in [0.2, 0.25) is 0 Å². The molecule has 1 saturated heterocycles. The van der Waals surface area contributed by atoms with Gasteiger partial charge in [0.05, 0.1) is 0 Å². The lowest BCUT2D eigenvalue weighted by atomic mass is 10.0. The van der Waals surface area contributed by atoms with Gasteiger partial charge in [0.15, 0.2) is 0 Å². The number of amides is 1. The fraction of sp³-hybridized carbons (Fsp3) is 0.375. The standard InChI is InChI=1S/C16H18N2O3/c1-17-12-6-4-8-18(10-12)15(19)13-9-11-5-2-3-7-14(11)21-16(13)20/h2-3,5,7,9,12,17H,4,6,8,10H2,1H3. The maximum atomic E-state index is 12.6. The fourth-order valence-corrected chi connectivity index (χ4v) is 2.78. The van der Waals surface area contributed by atoms with Crippen LogP contribution in [-0.2, 0) is 0 Å². The summed E-state index contributed by atoms with van der Waals surface area (Å²) in [5.74, 6) is -0.241. The van der Waals surface area contributed by atoms with E-state index in [2.05, 4.69) is 5.32 Å². The van der Waals surface area contributed by atoms with E-state index in [9.17, 15) is 9.59 Å². The van der Waals surface area contributed by atoms with Gasteiger partial charge in [-0.2, -0.15) is 0 Å². The first-order chi connectivity index (χ1) is 10.2. The van der Waals surface area contributed by atoms with Crippen LogP contribution in [-0.4, -0.2) is 37.0 Å². The third-order valence-electron chi connectivity index (χ3n) is 3.99. The van der Waals surface area contributed by atoms with E-state index < -0.39 is 5.63 Å². The van der Waals surface area contributed by atoms with Gasteiger partial charge in [0.1, 0.15) is 11.1 Å². The number of hydrogen-bond donors (Lipinski definition) is 1. The largest absolute Gasteiger partial charge is 0.422 e. The molecule has 1 aliphatic heterocycles. The van der Waals surface area contributed by atoms with Crippen LogP contribution in [0.25, 0.3) is 11.0 Å². The molecule has 3 rings (SSSR count). The molecule has 0 saturated carbocycles. The lowest BCUT2D eigenvalue weighted by molar-refractivity contribution is 0.0694. The number of nitrogens with one attached hydrogen (secondary N) is 1. The number of carbonyl (C=O) groups is 1. The second-order valence-electron chi connectivity index (χ2n) is 5.36. The van der Waals surface area contributed by atoms with E-state index in [1.807, 2.05) is 19.2 Å². The Bertz CT molecular complexity index is 723. The minimum absolute atomic E-state index is 0.116. The third kappa shape index (κ3) is 2.69. The van der Waals surface area contributed by atoms with Gasteiger partial charge in [-0.1, -0.05) is 18.2 Å². The van der Waals surface area contributed by atoms with Gasteiger partial charge in [-0.05, 0) is 32.0 Å². The van der Waals surface area contributed by atoms with Gasteiger partial charge in [0.25, 0.3) is 5.91 Å². The van der Waals surface area contributed by atoms with Crippen LogP contribution in [0.15, 0.2) is 39.5 Å². The van der Waals surface area contributed by atoms with Gasteiger partial charge >= 0.3 is 5.63 Å². The van der Waals surface area contributed by atoms with Crippen molar-refractivity contribution >= 4 is 16.9 Å². The summed E-state index contributed by atoms with van der Waals surface area (Å²) in [6.07, 6.45) is 1.99. The highest BCUT2D eigenvalue weighted by atomic mass is 16.4. The van der Waals surface area contributed by atoms with E-state index in [-0.39, 0.29) is 17.5 Å². The van der Waals surface area contributed by atoms with E-state index in [0.717, 1.165) is 18.2 Å². The van der Waals surface area contributed by atoms with Crippen molar-refractivity contribution in [1.29, 1.82) is 0 Å².